The van der Waals surface area contributed by atoms with Crippen LogP contribution < -0.4 is 5.30 Å². The maximum atomic E-state index is 4.41. The van der Waals surface area contributed by atoms with Crippen molar-refractivity contribution in [1.82, 2.24) is 0 Å². The second-order valence-corrected chi connectivity index (χ2v) is 5.28. The molecule has 0 aliphatic heterocycles. The second-order valence-electron chi connectivity index (χ2n) is 3.30. The molecule has 2 rings (SSSR count). The van der Waals surface area contributed by atoms with Gasteiger partial charge in [0, 0.05) is 16.0 Å². The summed E-state index contributed by atoms with van der Waals surface area (Å²) in [6.07, 6.45) is 1.91. The lowest BCUT2D eigenvalue weighted by atomic mass is 10.3. The molecule has 2 aromatic rings. The molecular formula is C12H12NPS. The molecule has 15 heavy (non-hydrogen) atoms. The van der Waals surface area contributed by atoms with Crippen LogP contribution in [-0.4, -0.2) is 6.21 Å². The number of rotatable bonds is 2. The fraction of sp³-hybridized carbons (Fsp3) is 0.0833. The van der Waals surface area contributed by atoms with Crippen LogP contribution in [0.25, 0.3) is 0 Å². The molecule has 0 spiro atoms. The molecule has 0 saturated heterocycles. The Balaban J connectivity index is 2.14. The van der Waals surface area contributed by atoms with Gasteiger partial charge in [-0.25, -0.2) is 0 Å². The molecule has 0 amide bonds. The maximum Gasteiger partial charge on any atom is 0.0630 e. The Hall–Kier alpha value is -0.980. The predicted octanol–water partition coefficient (Wildman–Crippen LogP) is 3.31. The summed E-state index contributed by atoms with van der Waals surface area (Å²) in [6, 6.07) is 12.3. The van der Waals surface area contributed by atoms with Crippen molar-refractivity contribution in [1.29, 1.82) is 0 Å². The van der Waals surface area contributed by atoms with Gasteiger partial charge < -0.3 is 0 Å². The van der Waals surface area contributed by atoms with Crippen LogP contribution in [-0.2, 0) is 0 Å². The molecule has 0 radical (unpaired) electrons. The summed E-state index contributed by atoms with van der Waals surface area (Å²) >= 11 is 1.76. The summed E-state index contributed by atoms with van der Waals surface area (Å²) in [5, 5.41) is 1.18. The minimum absolute atomic E-state index is 0.993. The van der Waals surface area contributed by atoms with Gasteiger partial charge in [0.2, 0.25) is 0 Å². The maximum absolute atomic E-state index is 4.41. The molecule has 3 heteroatoms. The fourth-order valence-electron chi connectivity index (χ4n) is 1.22. The van der Waals surface area contributed by atoms with Gasteiger partial charge in [-0.2, -0.15) is 0 Å². The van der Waals surface area contributed by atoms with Crippen LogP contribution >= 0.6 is 20.6 Å². The third-order valence-corrected chi connectivity index (χ3v) is 3.32. The van der Waals surface area contributed by atoms with Gasteiger partial charge in [0.25, 0.3) is 0 Å². The van der Waals surface area contributed by atoms with Crippen LogP contribution in [0.2, 0.25) is 0 Å². The van der Waals surface area contributed by atoms with E-state index in [2.05, 4.69) is 33.3 Å². The SMILES string of the molecule is Cc1ccc(C=Nc2ccc(P)cc2)s1. The molecule has 1 atom stereocenters. The van der Waals surface area contributed by atoms with Gasteiger partial charge in [-0.3, -0.25) is 4.99 Å². The predicted molar refractivity (Wildman–Crippen MR) is 72.1 cm³/mol. The van der Waals surface area contributed by atoms with E-state index in [-0.39, 0.29) is 0 Å². The van der Waals surface area contributed by atoms with Crippen molar-refractivity contribution < 1.29 is 0 Å². The highest BCUT2D eigenvalue weighted by molar-refractivity contribution is 7.27. The standard InChI is InChI=1S/C12H12NPS/c1-9-2-7-12(15-9)8-13-10-3-5-11(14)6-4-10/h2-8H,14H2,1H3. The zero-order valence-electron chi connectivity index (χ0n) is 8.47. The normalized spacial score (nSPS) is 11.1. The van der Waals surface area contributed by atoms with Crippen LogP contribution in [0.15, 0.2) is 41.4 Å². The Morgan fingerprint density at radius 3 is 2.47 bits per heavy atom. The monoisotopic (exact) mass is 233 g/mol. The van der Waals surface area contributed by atoms with E-state index in [9.17, 15) is 0 Å². The van der Waals surface area contributed by atoms with Crippen LogP contribution in [0.1, 0.15) is 9.75 Å². The van der Waals surface area contributed by atoms with E-state index in [1.807, 2.05) is 30.5 Å². The molecular weight excluding hydrogens is 221 g/mol. The van der Waals surface area contributed by atoms with E-state index in [1.165, 1.54) is 15.1 Å². The zero-order chi connectivity index (χ0) is 10.7. The molecule has 1 aromatic heterocycles. The van der Waals surface area contributed by atoms with Gasteiger partial charge in [-0.15, -0.1) is 20.6 Å². The Kier molecular flexibility index (Phi) is 3.30. The average Bonchev–Trinajstić information content (AvgIpc) is 2.64. The van der Waals surface area contributed by atoms with E-state index < -0.39 is 0 Å². The van der Waals surface area contributed by atoms with E-state index in [0.717, 1.165) is 5.69 Å². The third-order valence-electron chi connectivity index (χ3n) is 2.00. The van der Waals surface area contributed by atoms with Crippen LogP contribution in [0.3, 0.4) is 0 Å². The Morgan fingerprint density at radius 2 is 1.87 bits per heavy atom. The molecule has 0 aliphatic rings. The number of thiophene rings is 1. The molecule has 1 aromatic carbocycles. The molecule has 0 N–H and O–H groups in total. The highest BCUT2D eigenvalue weighted by Gasteiger charge is 1.92. The molecule has 76 valence electrons. The second kappa shape index (κ2) is 4.69. The smallest absolute Gasteiger partial charge is 0.0630 e. The van der Waals surface area contributed by atoms with E-state index in [0.29, 0.717) is 0 Å². The Bertz CT molecular complexity index is 471. The van der Waals surface area contributed by atoms with Gasteiger partial charge in [0.05, 0.1) is 5.69 Å². The van der Waals surface area contributed by atoms with Crippen molar-refractivity contribution in [3.63, 3.8) is 0 Å². The lowest BCUT2D eigenvalue weighted by Crippen LogP contribution is -1.84. The molecule has 1 heterocycles. The highest BCUT2D eigenvalue weighted by Crippen LogP contribution is 2.15. The molecule has 0 saturated carbocycles. The van der Waals surface area contributed by atoms with Gasteiger partial charge >= 0.3 is 0 Å². The van der Waals surface area contributed by atoms with Crippen molar-refractivity contribution in [3.8, 4) is 0 Å². The minimum Gasteiger partial charge on any atom is -0.255 e. The van der Waals surface area contributed by atoms with Crippen molar-refractivity contribution in [2.75, 3.05) is 0 Å². The summed E-state index contributed by atoms with van der Waals surface area (Å²) in [6.45, 7) is 2.10. The van der Waals surface area contributed by atoms with Crippen LogP contribution in [0.4, 0.5) is 5.69 Å². The summed E-state index contributed by atoms with van der Waals surface area (Å²) in [4.78, 5) is 6.92. The Morgan fingerprint density at radius 1 is 1.13 bits per heavy atom. The van der Waals surface area contributed by atoms with Gasteiger partial charge in [0.1, 0.15) is 0 Å². The third kappa shape index (κ3) is 2.98. The van der Waals surface area contributed by atoms with Crippen molar-refractivity contribution in [3.05, 3.63) is 46.2 Å². The van der Waals surface area contributed by atoms with Crippen molar-refractivity contribution >= 4 is 37.8 Å². The summed E-state index contributed by atoms with van der Waals surface area (Å²) in [7, 11) is 2.66. The fourth-order valence-corrected chi connectivity index (χ4v) is 2.16. The summed E-state index contributed by atoms with van der Waals surface area (Å²) in [5.41, 5.74) is 0.993. The lowest BCUT2D eigenvalue weighted by Gasteiger charge is -1.93. The average molecular weight is 233 g/mol. The lowest BCUT2D eigenvalue weighted by molar-refractivity contribution is 1.55. The number of benzene rings is 1. The first kappa shape index (κ1) is 10.5. The number of nitrogens with zero attached hydrogens (tertiary/aromatic N) is 1. The highest BCUT2D eigenvalue weighted by atomic mass is 32.1. The van der Waals surface area contributed by atoms with Gasteiger partial charge in [-0.05, 0) is 36.5 Å². The number of hydrogen-bond acceptors (Lipinski definition) is 2. The molecule has 1 unspecified atom stereocenters. The number of aryl methyl sites for hydroxylation is 1. The largest absolute Gasteiger partial charge is 0.255 e. The molecule has 0 aliphatic carbocycles. The van der Waals surface area contributed by atoms with E-state index in [4.69, 9.17) is 0 Å². The first-order valence-electron chi connectivity index (χ1n) is 4.70. The van der Waals surface area contributed by atoms with Gasteiger partial charge in [-0.1, -0.05) is 12.1 Å². The summed E-state index contributed by atoms with van der Waals surface area (Å²) in [5.74, 6) is 0. The first-order valence-corrected chi connectivity index (χ1v) is 6.09. The molecule has 1 nitrogen and oxygen atoms in total. The first-order chi connectivity index (χ1) is 7.24. The van der Waals surface area contributed by atoms with Gasteiger partial charge in [0.15, 0.2) is 0 Å². The van der Waals surface area contributed by atoms with Crippen LogP contribution in [0.5, 0.6) is 0 Å². The number of aliphatic imine (C=N–C) groups is 1. The Labute approximate surface area is 96.1 Å². The van der Waals surface area contributed by atoms with E-state index >= 15 is 0 Å². The number of hydrogen-bond donors (Lipinski definition) is 0. The summed E-state index contributed by atoms with van der Waals surface area (Å²) < 4.78 is 0. The van der Waals surface area contributed by atoms with Crippen molar-refractivity contribution in [2.45, 2.75) is 6.92 Å². The molecule has 0 fully saturated rings. The van der Waals surface area contributed by atoms with Crippen molar-refractivity contribution in [2.24, 2.45) is 4.99 Å². The quantitative estimate of drug-likeness (QED) is 0.557. The minimum atomic E-state index is 0.993. The zero-order valence-corrected chi connectivity index (χ0v) is 10.4. The molecule has 0 bridgehead atoms. The van der Waals surface area contributed by atoms with E-state index in [1.54, 1.807) is 11.3 Å². The topological polar surface area (TPSA) is 12.4 Å². The van der Waals surface area contributed by atoms with Crippen LogP contribution in [0, 0.1) is 6.92 Å².